The molecule has 0 saturated carbocycles. The molecule has 0 N–H and O–H groups in total. The molecule has 1 aliphatic rings. The number of pyridine rings is 1. The topological polar surface area (TPSA) is 38.7 Å². The number of nitrogens with zero attached hydrogens (tertiary/aromatic N) is 3. The van der Waals surface area contributed by atoms with Crippen LogP contribution in [0.1, 0.15) is 0 Å². The molecule has 232 valence electrons. The van der Waals surface area contributed by atoms with Gasteiger partial charge in [-0.1, -0.05) is 146 Å². The number of fused-ring (bicyclic) bond motifs is 4. The lowest BCUT2D eigenvalue weighted by Crippen LogP contribution is -1.97. The molecular formula is C47H29N3. The van der Waals surface area contributed by atoms with E-state index < -0.39 is 0 Å². The van der Waals surface area contributed by atoms with Crippen LogP contribution in [0, 0.1) is 0 Å². The highest BCUT2D eigenvalue weighted by atomic mass is 14.9. The Balaban J connectivity index is 1.11. The summed E-state index contributed by atoms with van der Waals surface area (Å²) in [5, 5.41) is 4.97. The van der Waals surface area contributed by atoms with Crippen molar-refractivity contribution in [2.75, 3.05) is 0 Å². The highest BCUT2D eigenvalue weighted by Crippen LogP contribution is 2.49. The molecule has 0 unspecified atom stereocenters. The van der Waals surface area contributed by atoms with Gasteiger partial charge in [0, 0.05) is 29.1 Å². The second kappa shape index (κ2) is 11.5. The second-order valence-corrected chi connectivity index (χ2v) is 12.9. The highest BCUT2D eigenvalue weighted by Gasteiger charge is 2.23. The summed E-state index contributed by atoms with van der Waals surface area (Å²) in [4.78, 5) is 14.7. The van der Waals surface area contributed by atoms with E-state index in [2.05, 4.69) is 163 Å². The van der Waals surface area contributed by atoms with Gasteiger partial charge in [0.05, 0.1) is 11.4 Å². The predicted octanol–water partition coefficient (Wildman–Crippen LogP) is 12.2. The van der Waals surface area contributed by atoms with Crippen LogP contribution in [0.3, 0.4) is 0 Å². The van der Waals surface area contributed by atoms with E-state index in [9.17, 15) is 0 Å². The Bertz CT molecular complexity index is 2700. The molecule has 0 spiro atoms. The van der Waals surface area contributed by atoms with Crippen LogP contribution in [-0.2, 0) is 0 Å². The molecule has 1 aliphatic carbocycles. The van der Waals surface area contributed by atoms with Gasteiger partial charge in [-0.2, -0.15) is 0 Å². The SMILES string of the molecule is c1cncc(-c2ccc(-c3nc(-c4ccc(-c5ccc6ccccc6c5)cc4)cc(-c4ccc5c6c(cccc46)-c4ccccc4-5)n3)cc2)c1. The molecule has 50 heavy (non-hydrogen) atoms. The fourth-order valence-corrected chi connectivity index (χ4v) is 7.44. The molecule has 10 rings (SSSR count). The Morgan fingerprint density at radius 2 is 0.960 bits per heavy atom. The predicted molar refractivity (Wildman–Crippen MR) is 206 cm³/mol. The van der Waals surface area contributed by atoms with Gasteiger partial charge in [0.2, 0.25) is 0 Å². The van der Waals surface area contributed by atoms with Crippen molar-refractivity contribution < 1.29 is 0 Å². The summed E-state index contributed by atoms with van der Waals surface area (Å²) in [6.07, 6.45) is 3.69. The minimum Gasteiger partial charge on any atom is -0.264 e. The summed E-state index contributed by atoms with van der Waals surface area (Å²) in [6.45, 7) is 0. The van der Waals surface area contributed by atoms with Crippen LogP contribution in [0.5, 0.6) is 0 Å². The lowest BCUT2D eigenvalue weighted by molar-refractivity contribution is 1.18. The van der Waals surface area contributed by atoms with Crippen LogP contribution in [-0.4, -0.2) is 15.0 Å². The van der Waals surface area contributed by atoms with Gasteiger partial charge in [0.1, 0.15) is 0 Å². The highest BCUT2D eigenvalue weighted by molar-refractivity contribution is 6.18. The lowest BCUT2D eigenvalue weighted by Gasteiger charge is -2.13. The molecule has 0 fully saturated rings. The number of rotatable bonds is 5. The maximum Gasteiger partial charge on any atom is 0.160 e. The summed E-state index contributed by atoms with van der Waals surface area (Å²) in [7, 11) is 0. The first-order valence-electron chi connectivity index (χ1n) is 16.9. The third-order valence-corrected chi connectivity index (χ3v) is 9.95. The Hall–Kier alpha value is -6.71. The van der Waals surface area contributed by atoms with Crippen LogP contribution < -0.4 is 0 Å². The Morgan fingerprint density at radius 3 is 1.74 bits per heavy atom. The summed E-state index contributed by atoms with van der Waals surface area (Å²) in [6, 6.07) is 58.3. The Kier molecular flexibility index (Phi) is 6.49. The average molecular weight is 636 g/mol. The van der Waals surface area contributed by atoms with Crippen molar-refractivity contribution in [1.82, 2.24) is 15.0 Å². The third kappa shape index (κ3) is 4.71. The number of hydrogen-bond donors (Lipinski definition) is 0. The minimum atomic E-state index is 0.695. The molecule has 0 radical (unpaired) electrons. The number of aromatic nitrogens is 3. The molecule has 3 nitrogen and oxygen atoms in total. The molecule has 0 amide bonds. The Labute approximate surface area is 290 Å². The molecule has 9 aromatic rings. The molecule has 2 heterocycles. The number of hydrogen-bond acceptors (Lipinski definition) is 3. The smallest absolute Gasteiger partial charge is 0.160 e. The lowest BCUT2D eigenvalue weighted by atomic mass is 9.95. The van der Waals surface area contributed by atoms with E-state index in [0.717, 1.165) is 39.2 Å². The zero-order valence-corrected chi connectivity index (χ0v) is 27.1. The van der Waals surface area contributed by atoms with Crippen molar-refractivity contribution >= 4 is 21.5 Å². The zero-order chi connectivity index (χ0) is 33.0. The quantitative estimate of drug-likeness (QED) is 0.189. The van der Waals surface area contributed by atoms with Crippen LogP contribution >= 0.6 is 0 Å². The third-order valence-electron chi connectivity index (χ3n) is 9.95. The molecule has 0 bridgehead atoms. The average Bonchev–Trinajstić information content (AvgIpc) is 3.53. The van der Waals surface area contributed by atoms with Crippen molar-refractivity contribution in [3.05, 3.63) is 176 Å². The molecule has 2 aromatic heterocycles. The maximum atomic E-state index is 5.25. The second-order valence-electron chi connectivity index (χ2n) is 12.9. The van der Waals surface area contributed by atoms with Gasteiger partial charge >= 0.3 is 0 Å². The van der Waals surface area contributed by atoms with E-state index in [-0.39, 0.29) is 0 Å². The number of benzene rings is 7. The first kappa shape index (κ1) is 28.3. The summed E-state index contributed by atoms with van der Waals surface area (Å²) >= 11 is 0. The minimum absolute atomic E-state index is 0.695. The first-order valence-corrected chi connectivity index (χ1v) is 16.9. The molecular weight excluding hydrogens is 607 g/mol. The fourth-order valence-electron chi connectivity index (χ4n) is 7.44. The van der Waals surface area contributed by atoms with Crippen molar-refractivity contribution in [3.8, 4) is 78.4 Å². The standard InChI is InChI=1S/C47H29N3/c1-2-8-35-27-36(23-18-30(35)7-1)31-14-19-33(20-15-31)44-28-45(50-47(49-44)34-21-16-32(17-22-34)37-9-6-26-48-29-37)40-24-25-43-39-11-4-3-10-38(39)41-12-5-13-42(40)46(41)43/h1-29H. The van der Waals surface area contributed by atoms with E-state index in [0.29, 0.717) is 5.82 Å². The van der Waals surface area contributed by atoms with Crippen molar-refractivity contribution in [1.29, 1.82) is 0 Å². The first-order chi connectivity index (χ1) is 24.8. The van der Waals surface area contributed by atoms with Gasteiger partial charge in [-0.3, -0.25) is 4.98 Å². The van der Waals surface area contributed by atoms with E-state index in [1.807, 2.05) is 12.3 Å². The maximum absolute atomic E-state index is 5.25. The summed E-state index contributed by atoms with van der Waals surface area (Å²) in [5.41, 5.74) is 14.6. The van der Waals surface area contributed by atoms with Gasteiger partial charge in [-0.05, 0) is 84.3 Å². The normalized spacial score (nSPS) is 11.6. The van der Waals surface area contributed by atoms with Gasteiger partial charge < -0.3 is 0 Å². The van der Waals surface area contributed by atoms with Gasteiger partial charge in [-0.25, -0.2) is 9.97 Å². The van der Waals surface area contributed by atoms with E-state index in [1.54, 1.807) is 6.20 Å². The van der Waals surface area contributed by atoms with Crippen LogP contribution in [0.25, 0.3) is 100.0 Å². The largest absolute Gasteiger partial charge is 0.264 e. The van der Waals surface area contributed by atoms with Crippen LogP contribution in [0.2, 0.25) is 0 Å². The molecule has 3 heteroatoms. The van der Waals surface area contributed by atoms with Gasteiger partial charge in [0.25, 0.3) is 0 Å². The van der Waals surface area contributed by atoms with E-state index >= 15 is 0 Å². The van der Waals surface area contributed by atoms with Crippen LogP contribution in [0.15, 0.2) is 176 Å². The molecule has 0 aliphatic heterocycles. The van der Waals surface area contributed by atoms with Crippen molar-refractivity contribution in [3.63, 3.8) is 0 Å². The summed E-state index contributed by atoms with van der Waals surface area (Å²) < 4.78 is 0. The zero-order valence-electron chi connectivity index (χ0n) is 27.1. The molecule has 7 aromatic carbocycles. The summed E-state index contributed by atoms with van der Waals surface area (Å²) in [5.74, 6) is 0.695. The van der Waals surface area contributed by atoms with Gasteiger partial charge in [0.15, 0.2) is 5.82 Å². The molecule has 0 saturated heterocycles. The van der Waals surface area contributed by atoms with Crippen molar-refractivity contribution in [2.45, 2.75) is 0 Å². The monoisotopic (exact) mass is 635 g/mol. The van der Waals surface area contributed by atoms with Crippen LogP contribution in [0.4, 0.5) is 0 Å². The molecule has 0 atom stereocenters. The van der Waals surface area contributed by atoms with Crippen molar-refractivity contribution in [2.24, 2.45) is 0 Å². The van der Waals surface area contributed by atoms with Gasteiger partial charge in [-0.15, -0.1) is 0 Å². The fraction of sp³-hybridized carbons (Fsp3) is 0. The Morgan fingerprint density at radius 1 is 0.340 bits per heavy atom. The van der Waals surface area contributed by atoms with E-state index in [4.69, 9.17) is 9.97 Å². The van der Waals surface area contributed by atoms with E-state index in [1.165, 1.54) is 54.9 Å².